The quantitative estimate of drug-likeness (QED) is 0.921. The van der Waals surface area contributed by atoms with E-state index in [1.165, 1.54) is 11.8 Å². The Kier molecular flexibility index (Phi) is 3.66. The summed E-state index contributed by atoms with van der Waals surface area (Å²) in [5.41, 5.74) is -0.118. The Morgan fingerprint density at radius 2 is 1.88 bits per heavy atom. The van der Waals surface area contributed by atoms with Crippen molar-refractivity contribution in [2.45, 2.75) is 9.92 Å². The van der Waals surface area contributed by atoms with Crippen molar-refractivity contribution in [1.82, 2.24) is 4.98 Å². The number of carboxylic acids is 1. The smallest absolute Gasteiger partial charge is 0.356 e. The second-order valence-electron chi connectivity index (χ2n) is 3.20. The van der Waals surface area contributed by atoms with Crippen LogP contribution in [-0.2, 0) is 0 Å². The van der Waals surface area contributed by atoms with Crippen molar-refractivity contribution in [3.8, 4) is 0 Å². The van der Waals surface area contributed by atoms with Crippen LogP contribution < -0.4 is 0 Å². The minimum Gasteiger partial charge on any atom is -0.476 e. The minimum absolute atomic E-state index is 0.118. The molecule has 0 aliphatic carbocycles. The lowest BCUT2D eigenvalue weighted by atomic mass is 10.3. The van der Waals surface area contributed by atoms with E-state index in [0.717, 1.165) is 4.90 Å². The molecule has 86 valence electrons. The van der Waals surface area contributed by atoms with Gasteiger partial charge in [-0.2, -0.15) is 0 Å². The largest absolute Gasteiger partial charge is 0.476 e. The molecule has 0 fully saturated rings. The van der Waals surface area contributed by atoms with E-state index in [1.807, 2.05) is 30.3 Å². The van der Waals surface area contributed by atoms with E-state index in [4.69, 9.17) is 16.7 Å². The predicted molar refractivity (Wildman–Crippen MR) is 66.8 cm³/mol. The van der Waals surface area contributed by atoms with E-state index >= 15 is 0 Å². The standard InChI is InChI=1S/C12H8ClNO2S/c13-9-6-7-10(14-11(9)12(15)16)17-8-4-2-1-3-5-8/h1-7H,(H,15,16). The fourth-order valence-electron chi connectivity index (χ4n) is 1.24. The monoisotopic (exact) mass is 265 g/mol. The lowest BCUT2D eigenvalue weighted by molar-refractivity contribution is 0.0690. The number of halogens is 1. The van der Waals surface area contributed by atoms with Gasteiger partial charge in [0.2, 0.25) is 0 Å². The van der Waals surface area contributed by atoms with Crippen molar-refractivity contribution in [2.75, 3.05) is 0 Å². The molecule has 2 aromatic rings. The highest BCUT2D eigenvalue weighted by Gasteiger charge is 2.11. The normalized spacial score (nSPS) is 10.2. The third kappa shape index (κ3) is 2.99. The summed E-state index contributed by atoms with van der Waals surface area (Å²) in [6, 6.07) is 12.9. The number of benzene rings is 1. The first-order chi connectivity index (χ1) is 8.16. The zero-order chi connectivity index (χ0) is 12.3. The van der Waals surface area contributed by atoms with Gasteiger partial charge in [0.15, 0.2) is 5.69 Å². The van der Waals surface area contributed by atoms with E-state index in [0.29, 0.717) is 5.03 Å². The van der Waals surface area contributed by atoms with Crippen molar-refractivity contribution in [3.63, 3.8) is 0 Å². The summed E-state index contributed by atoms with van der Waals surface area (Å²) >= 11 is 7.14. The molecule has 1 heterocycles. The average Bonchev–Trinajstić information content (AvgIpc) is 2.32. The summed E-state index contributed by atoms with van der Waals surface area (Å²) in [5, 5.41) is 9.66. The van der Waals surface area contributed by atoms with Crippen LogP contribution >= 0.6 is 23.4 Å². The highest BCUT2D eigenvalue weighted by molar-refractivity contribution is 7.99. The second-order valence-corrected chi connectivity index (χ2v) is 4.70. The fourth-order valence-corrected chi connectivity index (χ4v) is 2.23. The topological polar surface area (TPSA) is 50.2 Å². The molecule has 0 atom stereocenters. The Bertz CT molecular complexity index is 545. The van der Waals surface area contributed by atoms with Crippen LogP contribution in [0.2, 0.25) is 5.02 Å². The number of nitrogens with zero attached hydrogens (tertiary/aromatic N) is 1. The number of carbonyl (C=O) groups is 1. The zero-order valence-corrected chi connectivity index (χ0v) is 10.2. The molecule has 0 aliphatic rings. The van der Waals surface area contributed by atoms with Gasteiger partial charge in [-0.15, -0.1) is 0 Å². The van der Waals surface area contributed by atoms with Crippen LogP contribution in [0, 0.1) is 0 Å². The van der Waals surface area contributed by atoms with Gasteiger partial charge in [-0.1, -0.05) is 41.6 Å². The summed E-state index contributed by atoms with van der Waals surface area (Å²) in [4.78, 5) is 15.9. The van der Waals surface area contributed by atoms with Gasteiger partial charge in [-0.05, 0) is 24.3 Å². The number of hydrogen-bond donors (Lipinski definition) is 1. The highest BCUT2D eigenvalue weighted by atomic mass is 35.5. The molecular weight excluding hydrogens is 258 g/mol. The van der Waals surface area contributed by atoms with Gasteiger partial charge in [0.25, 0.3) is 0 Å². The fraction of sp³-hybridized carbons (Fsp3) is 0. The summed E-state index contributed by atoms with van der Waals surface area (Å²) in [6.07, 6.45) is 0. The first-order valence-corrected chi connectivity index (χ1v) is 5.99. The molecule has 0 aliphatic heterocycles. The lowest BCUT2D eigenvalue weighted by Gasteiger charge is -2.03. The minimum atomic E-state index is -1.12. The number of hydrogen-bond acceptors (Lipinski definition) is 3. The molecule has 0 saturated heterocycles. The second kappa shape index (κ2) is 5.21. The van der Waals surface area contributed by atoms with Gasteiger partial charge < -0.3 is 5.11 Å². The van der Waals surface area contributed by atoms with Gasteiger partial charge in [-0.3, -0.25) is 0 Å². The van der Waals surface area contributed by atoms with Gasteiger partial charge in [0.1, 0.15) is 5.03 Å². The molecule has 0 saturated carbocycles. The Balaban J connectivity index is 2.29. The van der Waals surface area contributed by atoms with Crippen molar-refractivity contribution in [2.24, 2.45) is 0 Å². The van der Waals surface area contributed by atoms with Crippen molar-refractivity contribution < 1.29 is 9.90 Å². The molecule has 17 heavy (non-hydrogen) atoms. The molecule has 0 bridgehead atoms. The molecular formula is C12H8ClNO2S. The van der Waals surface area contributed by atoms with Crippen LogP contribution in [0.25, 0.3) is 0 Å². The molecule has 0 spiro atoms. The summed E-state index contributed by atoms with van der Waals surface area (Å²) in [6.45, 7) is 0. The Morgan fingerprint density at radius 1 is 1.18 bits per heavy atom. The maximum atomic E-state index is 10.9. The van der Waals surface area contributed by atoms with Gasteiger partial charge in [0.05, 0.1) is 5.02 Å². The lowest BCUT2D eigenvalue weighted by Crippen LogP contribution is -2.01. The van der Waals surface area contributed by atoms with E-state index in [-0.39, 0.29) is 10.7 Å². The highest BCUT2D eigenvalue weighted by Crippen LogP contribution is 2.27. The van der Waals surface area contributed by atoms with Crippen molar-refractivity contribution in [3.05, 3.63) is 53.2 Å². The van der Waals surface area contributed by atoms with Gasteiger partial charge >= 0.3 is 5.97 Å². The van der Waals surface area contributed by atoms with Crippen LogP contribution in [0.15, 0.2) is 52.4 Å². The first kappa shape index (κ1) is 12.0. The van der Waals surface area contributed by atoms with E-state index in [1.54, 1.807) is 12.1 Å². The summed E-state index contributed by atoms with van der Waals surface area (Å²) < 4.78 is 0. The Hall–Kier alpha value is -1.52. The Labute approximate surface area is 107 Å². The van der Waals surface area contributed by atoms with Crippen molar-refractivity contribution >= 4 is 29.3 Å². The molecule has 0 amide bonds. The number of aromatic carboxylic acids is 1. The molecule has 5 heteroatoms. The molecule has 2 rings (SSSR count). The molecule has 1 aromatic heterocycles. The number of rotatable bonds is 3. The SMILES string of the molecule is O=C(O)c1nc(Sc2ccccc2)ccc1Cl. The summed E-state index contributed by atoms with van der Waals surface area (Å²) in [7, 11) is 0. The van der Waals surface area contributed by atoms with E-state index < -0.39 is 5.97 Å². The maximum Gasteiger partial charge on any atom is 0.356 e. The molecule has 3 nitrogen and oxygen atoms in total. The van der Waals surface area contributed by atoms with E-state index in [2.05, 4.69) is 4.98 Å². The maximum absolute atomic E-state index is 10.9. The third-order valence-electron chi connectivity index (χ3n) is 1.99. The molecule has 0 unspecified atom stereocenters. The first-order valence-electron chi connectivity index (χ1n) is 4.79. The van der Waals surface area contributed by atoms with Crippen LogP contribution in [0.4, 0.5) is 0 Å². The summed E-state index contributed by atoms with van der Waals surface area (Å²) in [5.74, 6) is -1.12. The molecule has 0 radical (unpaired) electrons. The van der Waals surface area contributed by atoms with Crippen LogP contribution in [0.3, 0.4) is 0 Å². The number of carboxylic acid groups (broad SMARTS) is 1. The Morgan fingerprint density at radius 3 is 2.53 bits per heavy atom. The van der Waals surface area contributed by atoms with E-state index in [9.17, 15) is 4.79 Å². The predicted octanol–water partition coefficient (Wildman–Crippen LogP) is 3.58. The third-order valence-corrected chi connectivity index (χ3v) is 3.24. The van der Waals surface area contributed by atoms with Crippen LogP contribution in [0.1, 0.15) is 10.5 Å². The van der Waals surface area contributed by atoms with Crippen LogP contribution in [-0.4, -0.2) is 16.1 Å². The average molecular weight is 266 g/mol. The van der Waals surface area contributed by atoms with Gasteiger partial charge in [-0.25, -0.2) is 9.78 Å². The number of pyridine rings is 1. The van der Waals surface area contributed by atoms with Gasteiger partial charge in [0, 0.05) is 4.90 Å². The number of aromatic nitrogens is 1. The zero-order valence-electron chi connectivity index (χ0n) is 8.63. The van der Waals surface area contributed by atoms with Crippen LogP contribution in [0.5, 0.6) is 0 Å². The molecule has 1 N–H and O–H groups in total. The molecule has 1 aromatic carbocycles. The van der Waals surface area contributed by atoms with Crippen molar-refractivity contribution in [1.29, 1.82) is 0 Å².